The van der Waals surface area contributed by atoms with Gasteiger partial charge in [0, 0.05) is 50.2 Å². The maximum absolute atomic E-state index is 13.7. The van der Waals surface area contributed by atoms with E-state index in [2.05, 4.69) is 12.2 Å². The van der Waals surface area contributed by atoms with Crippen molar-refractivity contribution >= 4 is 17.7 Å². The Labute approximate surface area is 222 Å². The molecule has 38 heavy (non-hydrogen) atoms. The van der Waals surface area contributed by atoms with Crippen LogP contribution in [-0.4, -0.2) is 78.2 Å². The van der Waals surface area contributed by atoms with Gasteiger partial charge in [-0.1, -0.05) is 19.1 Å². The molecule has 3 saturated heterocycles. The summed E-state index contributed by atoms with van der Waals surface area (Å²) in [6, 6.07) is 12.1. The van der Waals surface area contributed by atoms with Gasteiger partial charge < -0.3 is 19.7 Å². The Bertz CT molecular complexity index is 1160. The molecule has 3 aliphatic rings. The maximum Gasteiger partial charge on any atom is 0.256 e. The zero-order chi connectivity index (χ0) is 26.7. The SMILES string of the molecule is CCc1ccc(C(=O)N2CCC3(CC2)OC[C@H](C(=O)NC[C@@H]2CCCO2)N3C(=O)c2ccc(F)cc2)cc1. The highest BCUT2D eigenvalue weighted by Crippen LogP contribution is 2.39. The lowest BCUT2D eigenvalue weighted by Gasteiger charge is -2.44. The number of nitrogens with zero attached hydrogens (tertiary/aromatic N) is 2. The van der Waals surface area contributed by atoms with Crippen LogP contribution in [0, 0.1) is 5.82 Å². The van der Waals surface area contributed by atoms with Crippen LogP contribution in [0.4, 0.5) is 4.39 Å². The van der Waals surface area contributed by atoms with Crippen LogP contribution in [0.5, 0.6) is 0 Å². The monoisotopic (exact) mass is 523 g/mol. The van der Waals surface area contributed by atoms with E-state index in [0.29, 0.717) is 44.6 Å². The molecule has 0 saturated carbocycles. The average molecular weight is 524 g/mol. The minimum absolute atomic E-state index is 0.0304. The molecule has 5 rings (SSSR count). The van der Waals surface area contributed by atoms with Gasteiger partial charge in [-0.2, -0.15) is 0 Å². The molecular formula is C29H34FN3O5. The van der Waals surface area contributed by atoms with E-state index in [1.54, 1.807) is 4.90 Å². The smallest absolute Gasteiger partial charge is 0.256 e. The number of rotatable bonds is 6. The van der Waals surface area contributed by atoms with Crippen molar-refractivity contribution in [2.45, 2.75) is 56.9 Å². The van der Waals surface area contributed by atoms with Crippen LogP contribution < -0.4 is 5.32 Å². The molecule has 0 radical (unpaired) electrons. The number of hydrogen-bond donors (Lipinski definition) is 1. The fourth-order valence-corrected chi connectivity index (χ4v) is 5.56. The Balaban J connectivity index is 1.33. The second kappa shape index (κ2) is 11.2. The topological polar surface area (TPSA) is 88.2 Å². The first-order chi connectivity index (χ1) is 18.4. The van der Waals surface area contributed by atoms with Crippen molar-refractivity contribution in [3.05, 3.63) is 71.0 Å². The summed E-state index contributed by atoms with van der Waals surface area (Å²) in [7, 11) is 0. The van der Waals surface area contributed by atoms with Crippen molar-refractivity contribution in [1.82, 2.24) is 15.1 Å². The number of carbonyl (C=O) groups excluding carboxylic acids is 3. The van der Waals surface area contributed by atoms with E-state index in [9.17, 15) is 18.8 Å². The summed E-state index contributed by atoms with van der Waals surface area (Å²) >= 11 is 0. The highest BCUT2D eigenvalue weighted by atomic mass is 19.1. The molecular weight excluding hydrogens is 489 g/mol. The third-order valence-electron chi connectivity index (χ3n) is 7.84. The number of ether oxygens (including phenoxy) is 2. The van der Waals surface area contributed by atoms with Crippen LogP contribution in [0.25, 0.3) is 0 Å². The molecule has 8 nitrogen and oxygen atoms in total. The highest BCUT2D eigenvalue weighted by Gasteiger charge is 2.54. The van der Waals surface area contributed by atoms with Crippen molar-refractivity contribution in [2.75, 3.05) is 32.8 Å². The first kappa shape index (κ1) is 26.3. The number of likely N-dealkylation sites (tertiary alicyclic amines) is 1. The third-order valence-corrected chi connectivity index (χ3v) is 7.84. The van der Waals surface area contributed by atoms with Gasteiger partial charge in [0.05, 0.1) is 12.7 Å². The number of hydrogen-bond acceptors (Lipinski definition) is 5. The van der Waals surface area contributed by atoms with Crippen LogP contribution in [0.1, 0.15) is 58.9 Å². The summed E-state index contributed by atoms with van der Waals surface area (Å²) in [6.07, 6.45) is 3.45. The highest BCUT2D eigenvalue weighted by molar-refractivity contribution is 5.98. The normalized spacial score (nSPS) is 22.6. The summed E-state index contributed by atoms with van der Waals surface area (Å²) in [5.74, 6) is -1.21. The van der Waals surface area contributed by atoms with Crippen molar-refractivity contribution in [3.63, 3.8) is 0 Å². The number of piperidine rings is 1. The molecule has 202 valence electrons. The number of nitrogens with one attached hydrogen (secondary N) is 1. The summed E-state index contributed by atoms with van der Waals surface area (Å²) in [4.78, 5) is 43.4. The van der Waals surface area contributed by atoms with Crippen LogP contribution in [-0.2, 0) is 20.7 Å². The first-order valence-corrected chi connectivity index (χ1v) is 13.4. The molecule has 2 atom stereocenters. The standard InChI is InChI=1S/C29H34FN3O5/c1-2-20-5-7-21(8-6-20)27(35)32-15-13-29(14-16-32)33(28(36)22-9-11-23(30)12-10-22)25(19-38-29)26(34)31-18-24-4-3-17-37-24/h5-12,24-25H,2-4,13-19H2,1H3,(H,31,34)/t24-,25+/m0/s1. The largest absolute Gasteiger partial charge is 0.376 e. The molecule has 0 aliphatic carbocycles. The van der Waals surface area contributed by atoms with E-state index in [-0.39, 0.29) is 30.1 Å². The van der Waals surface area contributed by atoms with Crippen LogP contribution >= 0.6 is 0 Å². The molecule has 9 heteroatoms. The molecule has 3 fully saturated rings. The zero-order valence-electron chi connectivity index (χ0n) is 21.7. The minimum Gasteiger partial charge on any atom is -0.376 e. The van der Waals surface area contributed by atoms with Crippen LogP contribution in [0.3, 0.4) is 0 Å². The molecule has 3 aliphatic heterocycles. The molecule has 1 N–H and O–H groups in total. The van der Waals surface area contributed by atoms with E-state index in [1.165, 1.54) is 29.2 Å². The Hall–Kier alpha value is -3.30. The van der Waals surface area contributed by atoms with Crippen molar-refractivity contribution in [2.24, 2.45) is 0 Å². The van der Waals surface area contributed by atoms with Gasteiger partial charge in [-0.25, -0.2) is 4.39 Å². The molecule has 0 bridgehead atoms. The molecule has 2 aromatic rings. The van der Waals surface area contributed by atoms with Gasteiger partial charge in [0.1, 0.15) is 17.6 Å². The second-order valence-corrected chi connectivity index (χ2v) is 10.2. The quantitative estimate of drug-likeness (QED) is 0.629. The van der Waals surface area contributed by atoms with E-state index in [0.717, 1.165) is 24.8 Å². The van der Waals surface area contributed by atoms with Crippen LogP contribution in [0.2, 0.25) is 0 Å². The summed E-state index contributed by atoms with van der Waals surface area (Å²) in [5.41, 5.74) is 1.04. The van der Waals surface area contributed by atoms with Gasteiger partial charge in [0.2, 0.25) is 5.91 Å². The van der Waals surface area contributed by atoms with E-state index in [4.69, 9.17) is 9.47 Å². The molecule has 1 spiro atoms. The van der Waals surface area contributed by atoms with E-state index >= 15 is 0 Å². The minimum atomic E-state index is -1.03. The first-order valence-electron chi connectivity index (χ1n) is 13.4. The van der Waals surface area contributed by atoms with E-state index < -0.39 is 23.5 Å². The Morgan fingerprint density at radius 2 is 1.66 bits per heavy atom. The molecule has 2 aromatic carbocycles. The Morgan fingerprint density at radius 1 is 1.00 bits per heavy atom. The fraction of sp³-hybridized carbons (Fsp3) is 0.483. The molecule has 0 aromatic heterocycles. The van der Waals surface area contributed by atoms with Gasteiger partial charge in [0.15, 0.2) is 0 Å². The number of halogens is 1. The number of amides is 3. The summed E-state index contributed by atoms with van der Waals surface area (Å²) in [6.45, 7) is 3.94. The van der Waals surface area contributed by atoms with Gasteiger partial charge in [0.25, 0.3) is 11.8 Å². The molecule has 3 amide bonds. The predicted octanol–water partition coefficient (Wildman–Crippen LogP) is 3.16. The number of aryl methyl sites for hydroxylation is 1. The Kier molecular flexibility index (Phi) is 7.76. The third kappa shape index (κ3) is 5.31. The fourth-order valence-electron chi connectivity index (χ4n) is 5.56. The van der Waals surface area contributed by atoms with Crippen molar-refractivity contribution < 1.29 is 28.2 Å². The molecule has 0 unspecified atom stereocenters. The number of carbonyl (C=O) groups is 3. The lowest BCUT2D eigenvalue weighted by molar-refractivity contribution is -0.128. The molecule has 3 heterocycles. The van der Waals surface area contributed by atoms with Crippen LogP contribution in [0.15, 0.2) is 48.5 Å². The maximum atomic E-state index is 13.7. The average Bonchev–Trinajstić information content (AvgIpc) is 3.60. The van der Waals surface area contributed by atoms with Crippen molar-refractivity contribution in [1.29, 1.82) is 0 Å². The van der Waals surface area contributed by atoms with Crippen molar-refractivity contribution in [3.8, 4) is 0 Å². The van der Waals surface area contributed by atoms with Gasteiger partial charge in [-0.15, -0.1) is 0 Å². The second-order valence-electron chi connectivity index (χ2n) is 10.2. The lowest BCUT2D eigenvalue weighted by Crippen LogP contribution is -2.60. The predicted molar refractivity (Wildman–Crippen MR) is 138 cm³/mol. The Morgan fingerprint density at radius 3 is 2.29 bits per heavy atom. The van der Waals surface area contributed by atoms with Gasteiger partial charge >= 0.3 is 0 Å². The summed E-state index contributed by atoms with van der Waals surface area (Å²) in [5, 5.41) is 2.93. The number of benzene rings is 2. The lowest BCUT2D eigenvalue weighted by atomic mass is 9.96. The van der Waals surface area contributed by atoms with Gasteiger partial charge in [-0.3, -0.25) is 19.3 Å². The van der Waals surface area contributed by atoms with Gasteiger partial charge in [-0.05, 0) is 61.2 Å². The summed E-state index contributed by atoms with van der Waals surface area (Å²) < 4.78 is 25.4. The zero-order valence-corrected chi connectivity index (χ0v) is 21.7. The van der Waals surface area contributed by atoms with E-state index in [1.807, 2.05) is 24.3 Å².